The van der Waals surface area contributed by atoms with E-state index in [2.05, 4.69) is 5.32 Å². The Bertz CT molecular complexity index is 1160. The molecule has 2 N–H and O–H groups in total. The van der Waals surface area contributed by atoms with Gasteiger partial charge in [0.2, 0.25) is 5.43 Å². The molecule has 3 unspecified atom stereocenters. The minimum atomic E-state index is -1.17. The van der Waals surface area contributed by atoms with E-state index in [0.717, 1.165) is 24.0 Å². The van der Waals surface area contributed by atoms with E-state index < -0.39 is 11.6 Å². The second-order valence-electron chi connectivity index (χ2n) is 8.25. The third-order valence-electron chi connectivity index (χ3n) is 6.36. The Morgan fingerprint density at radius 2 is 1.74 bits per heavy atom. The molecule has 1 saturated carbocycles. The summed E-state index contributed by atoms with van der Waals surface area (Å²) in [5.74, 6) is -0.331. The van der Waals surface area contributed by atoms with Crippen LogP contribution in [0.5, 0.6) is 5.75 Å². The second kappa shape index (κ2) is 7.71. The van der Waals surface area contributed by atoms with E-state index in [9.17, 15) is 14.7 Å². The number of nitrogens with one attached hydrogen (secondary N) is 1. The molecular weight excluding hydrogens is 392 g/mol. The van der Waals surface area contributed by atoms with Crippen LogP contribution in [0.25, 0.3) is 0 Å². The highest BCUT2D eigenvalue weighted by molar-refractivity contribution is 5.96. The average Bonchev–Trinajstić information content (AvgIpc) is 2.80. The van der Waals surface area contributed by atoms with E-state index in [-0.39, 0.29) is 35.4 Å². The van der Waals surface area contributed by atoms with E-state index in [1.165, 1.54) is 6.07 Å². The third kappa shape index (κ3) is 3.33. The third-order valence-corrected chi connectivity index (χ3v) is 6.36. The topological polar surface area (TPSA) is 80.6 Å². The monoisotopic (exact) mass is 416 g/mol. The number of hydrogen-bond donors (Lipinski definition) is 2. The molecule has 2 aromatic carbocycles. The fraction of sp³-hybridized carbons (Fsp3) is 0.280. The van der Waals surface area contributed by atoms with E-state index in [4.69, 9.17) is 4.74 Å². The van der Waals surface area contributed by atoms with Crippen molar-refractivity contribution in [3.63, 3.8) is 0 Å². The first-order chi connectivity index (χ1) is 15.1. The standard InChI is InChI=1S/C25H24N2O4/c28-20-13-15-27-21(22(20)31-16-17-8-3-1-4-9-17)24(29)26-19-12-7-14-25(30,23(19)27)18-10-5-2-6-11-18/h1-6,8-11,13,15,19,23,30H,7,12,14,16H2,(H,26,29). The van der Waals surface area contributed by atoms with Gasteiger partial charge in [0.15, 0.2) is 11.4 Å². The number of ether oxygens (including phenoxy) is 1. The number of carbonyl (C=O) groups excluding carboxylic acids is 1. The highest BCUT2D eigenvalue weighted by atomic mass is 16.5. The number of rotatable bonds is 4. The summed E-state index contributed by atoms with van der Waals surface area (Å²) in [6.45, 7) is 0.178. The lowest BCUT2D eigenvalue weighted by Gasteiger charge is -2.49. The van der Waals surface area contributed by atoms with Crippen molar-refractivity contribution in [2.75, 3.05) is 0 Å². The fourth-order valence-electron chi connectivity index (χ4n) is 4.94. The van der Waals surface area contributed by atoms with Crippen LogP contribution in [0, 0.1) is 0 Å². The van der Waals surface area contributed by atoms with Crippen molar-refractivity contribution < 1.29 is 14.6 Å². The van der Waals surface area contributed by atoms with Crippen molar-refractivity contribution in [2.45, 2.75) is 43.6 Å². The Balaban J connectivity index is 1.60. The fourth-order valence-corrected chi connectivity index (χ4v) is 4.94. The molecule has 3 aromatic rings. The van der Waals surface area contributed by atoms with E-state index >= 15 is 0 Å². The Hall–Kier alpha value is -3.38. The van der Waals surface area contributed by atoms with Gasteiger partial charge in [0.1, 0.15) is 12.2 Å². The Labute approximate surface area is 180 Å². The van der Waals surface area contributed by atoms with Crippen LogP contribution in [0.3, 0.4) is 0 Å². The maximum absolute atomic E-state index is 13.0. The lowest BCUT2D eigenvalue weighted by atomic mass is 9.72. The molecule has 6 nitrogen and oxygen atoms in total. The zero-order valence-corrected chi connectivity index (χ0v) is 17.0. The van der Waals surface area contributed by atoms with Crippen LogP contribution < -0.4 is 15.5 Å². The number of aromatic nitrogens is 1. The largest absolute Gasteiger partial charge is 0.483 e. The van der Waals surface area contributed by atoms with Crippen LogP contribution in [0.2, 0.25) is 0 Å². The number of fused-ring (bicyclic) bond motifs is 3. The maximum Gasteiger partial charge on any atom is 0.272 e. The first-order valence-corrected chi connectivity index (χ1v) is 10.6. The van der Waals surface area contributed by atoms with Crippen LogP contribution in [-0.2, 0) is 12.2 Å². The van der Waals surface area contributed by atoms with Gasteiger partial charge in [0.05, 0.1) is 12.1 Å². The van der Waals surface area contributed by atoms with Gasteiger partial charge in [0, 0.05) is 12.3 Å². The summed E-state index contributed by atoms with van der Waals surface area (Å²) in [4.78, 5) is 25.7. The van der Waals surface area contributed by atoms with Gasteiger partial charge >= 0.3 is 0 Å². The summed E-state index contributed by atoms with van der Waals surface area (Å²) in [5.41, 5.74) is 0.350. The predicted octanol–water partition coefficient (Wildman–Crippen LogP) is 3.15. The zero-order chi connectivity index (χ0) is 21.4. The normalized spacial score (nSPS) is 24.6. The molecular formula is C25H24N2O4. The quantitative estimate of drug-likeness (QED) is 0.685. The molecule has 158 valence electrons. The van der Waals surface area contributed by atoms with Crippen molar-refractivity contribution in [2.24, 2.45) is 0 Å². The van der Waals surface area contributed by atoms with E-state index in [1.54, 1.807) is 10.8 Å². The van der Waals surface area contributed by atoms with Gasteiger partial charge in [-0.25, -0.2) is 0 Å². The van der Waals surface area contributed by atoms with Crippen molar-refractivity contribution >= 4 is 5.91 Å². The number of pyridine rings is 1. The van der Waals surface area contributed by atoms with Crippen LogP contribution in [0.15, 0.2) is 77.7 Å². The van der Waals surface area contributed by atoms with Gasteiger partial charge in [-0.05, 0) is 30.4 Å². The molecule has 3 atom stereocenters. The molecule has 5 rings (SSSR count). The number of carbonyl (C=O) groups is 1. The Morgan fingerprint density at radius 1 is 1.03 bits per heavy atom. The molecule has 31 heavy (non-hydrogen) atoms. The smallest absolute Gasteiger partial charge is 0.272 e. The summed E-state index contributed by atoms with van der Waals surface area (Å²) in [6.07, 6.45) is 3.74. The molecule has 1 amide bonds. The number of benzene rings is 2. The molecule has 1 aliphatic heterocycles. The molecule has 2 aliphatic rings. The molecule has 1 aromatic heterocycles. The van der Waals surface area contributed by atoms with Crippen LogP contribution in [0.4, 0.5) is 0 Å². The summed E-state index contributed by atoms with van der Waals surface area (Å²) in [7, 11) is 0. The SMILES string of the molecule is O=C1NC2CCCC(O)(c3ccccc3)C2n2ccc(=O)c(OCc3ccccc3)c21. The van der Waals surface area contributed by atoms with Gasteiger partial charge in [0.25, 0.3) is 5.91 Å². The maximum atomic E-state index is 13.0. The lowest BCUT2D eigenvalue weighted by Crippen LogP contribution is -2.58. The molecule has 0 radical (unpaired) electrons. The minimum absolute atomic E-state index is 0.0169. The second-order valence-corrected chi connectivity index (χ2v) is 8.25. The van der Waals surface area contributed by atoms with Crippen molar-refractivity contribution in [3.8, 4) is 5.75 Å². The van der Waals surface area contributed by atoms with Gasteiger partial charge < -0.3 is 19.7 Å². The van der Waals surface area contributed by atoms with Crippen LogP contribution in [0.1, 0.15) is 46.9 Å². The van der Waals surface area contributed by atoms with Gasteiger partial charge in [-0.2, -0.15) is 0 Å². The highest BCUT2D eigenvalue weighted by Crippen LogP contribution is 2.47. The van der Waals surface area contributed by atoms with Crippen LogP contribution in [-0.4, -0.2) is 21.6 Å². The summed E-state index contributed by atoms with van der Waals surface area (Å²) in [6, 6.07) is 19.8. The molecule has 6 heteroatoms. The minimum Gasteiger partial charge on any atom is -0.483 e. The molecule has 1 aliphatic carbocycles. The summed E-state index contributed by atoms with van der Waals surface area (Å²) >= 11 is 0. The summed E-state index contributed by atoms with van der Waals surface area (Å²) in [5, 5.41) is 14.9. The number of aliphatic hydroxyl groups is 1. The molecule has 0 spiro atoms. The van der Waals surface area contributed by atoms with E-state index in [1.807, 2.05) is 60.7 Å². The Kier molecular flexibility index (Phi) is 4.87. The first kappa shape index (κ1) is 19.6. The van der Waals surface area contributed by atoms with Crippen molar-refractivity contribution in [3.05, 3.63) is 100.0 Å². The number of nitrogens with zero attached hydrogens (tertiary/aromatic N) is 1. The van der Waals surface area contributed by atoms with Crippen molar-refractivity contribution in [1.29, 1.82) is 0 Å². The highest BCUT2D eigenvalue weighted by Gasteiger charge is 2.50. The van der Waals surface area contributed by atoms with E-state index in [0.29, 0.717) is 6.42 Å². The zero-order valence-electron chi connectivity index (χ0n) is 17.0. The summed E-state index contributed by atoms with van der Waals surface area (Å²) < 4.78 is 7.62. The van der Waals surface area contributed by atoms with Gasteiger partial charge in [-0.1, -0.05) is 60.7 Å². The van der Waals surface area contributed by atoms with Gasteiger partial charge in [-0.3, -0.25) is 9.59 Å². The van der Waals surface area contributed by atoms with Crippen LogP contribution >= 0.6 is 0 Å². The average molecular weight is 416 g/mol. The number of amides is 1. The molecule has 2 heterocycles. The molecule has 0 saturated heterocycles. The first-order valence-electron chi connectivity index (χ1n) is 10.6. The van der Waals surface area contributed by atoms with Gasteiger partial charge in [-0.15, -0.1) is 0 Å². The van der Waals surface area contributed by atoms with Crippen molar-refractivity contribution in [1.82, 2.24) is 9.88 Å². The molecule has 0 bridgehead atoms. The Morgan fingerprint density at radius 3 is 2.48 bits per heavy atom. The number of hydrogen-bond acceptors (Lipinski definition) is 4. The predicted molar refractivity (Wildman–Crippen MR) is 116 cm³/mol. The lowest BCUT2D eigenvalue weighted by molar-refractivity contribution is -0.0644. The molecule has 1 fully saturated rings.